The Kier molecular flexibility index (Phi) is 5.17. The van der Waals surface area contributed by atoms with Gasteiger partial charge in [-0.2, -0.15) is 16.7 Å². The van der Waals surface area contributed by atoms with Gasteiger partial charge in [-0.05, 0) is 32.2 Å². The topological polar surface area (TPSA) is 51.0 Å². The summed E-state index contributed by atoms with van der Waals surface area (Å²) >= 11 is 4.05. The summed E-state index contributed by atoms with van der Waals surface area (Å²) in [6.45, 7) is 5.54. The molecule has 3 heterocycles. The molecule has 0 radical (unpaired) electrons. The SMILES string of the molecule is CCCC1(c2nc(C3SCCSC3CC)no2)CCCN1. The van der Waals surface area contributed by atoms with Crippen LogP contribution < -0.4 is 5.32 Å². The van der Waals surface area contributed by atoms with E-state index in [-0.39, 0.29) is 5.54 Å². The molecule has 2 saturated heterocycles. The van der Waals surface area contributed by atoms with E-state index in [1.54, 1.807) is 0 Å². The monoisotopic (exact) mass is 327 g/mol. The number of nitrogens with zero attached hydrogens (tertiary/aromatic N) is 2. The Morgan fingerprint density at radius 3 is 2.90 bits per heavy atom. The summed E-state index contributed by atoms with van der Waals surface area (Å²) in [4.78, 5) is 4.83. The first-order valence-corrected chi connectivity index (χ1v) is 10.2. The van der Waals surface area contributed by atoms with Crippen LogP contribution in [0.2, 0.25) is 0 Å². The van der Waals surface area contributed by atoms with E-state index in [0.717, 1.165) is 37.5 Å². The zero-order valence-electron chi connectivity index (χ0n) is 12.9. The zero-order chi connectivity index (χ0) is 14.7. The van der Waals surface area contributed by atoms with Crippen LogP contribution in [-0.2, 0) is 5.54 Å². The van der Waals surface area contributed by atoms with Crippen molar-refractivity contribution in [3.05, 3.63) is 11.7 Å². The average molecular weight is 328 g/mol. The maximum Gasteiger partial charge on any atom is 0.246 e. The molecule has 0 bridgehead atoms. The highest BCUT2D eigenvalue weighted by molar-refractivity contribution is 8.06. The standard InChI is InChI=1S/C15H25N3OS2/c1-3-6-15(7-5-8-16-15)14-17-13(18-19-14)12-11(4-2)20-9-10-21-12/h11-12,16H,3-10H2,1-2H3. The molecule has 6 heteroatoms. The summed E-state index contributed by atoms with van der Waals surface area (Å²) in [5.41, 5.74) is -0.0613. The fraction of sp³-hybridized carbons (Fsp3) is 0.867. The van der Waals surface area contributed by atoms with Crippen LogP contribution in [0.1, 0.15) is 62.9 Å². The van der Waals surface area contributed by atoms with Gasteiger partial charge in [0.05, 0.1) is 10.8 Å². The first kappa shape index (κ1) is 15.7. The minimum atomic E-state index is -0.0613. The fourth-order valence-electron chi connectivity index (χ4n) is 3.42. The van der Waals surface area contributed by atoms with E-state index >= 15 is 0 Å². The highest BCUT2D eigenvalue weighted by atomic mass is 32.2. The lowest BCUT2D eigenvalue weighted by atomic mass is 9.92. The molecule has 0 amide bonds. The smallest absolute Gasteiger partial charge is 0.246 e. The molecule has 1 aromatic rings. The van der Waals surface area contributed by atoms with E-state index in [4.69, 9.17) is 9.51 Å². The van der Waals surface area contributed by atoms with Crippen molar-refractivity contribution < 1.29 is 4.52 Å². The Bertz CT molecular complexity index is 460. The van der Waals surface area contributed by atoms with Gasteiger partial charge in [0.2, 0.25) is 5.89 Å². The first-order chi connectivity index (χ1) is 10.3. The van der Waals surface area contributed by atoms with E-state index in [1.807, 2.05) is 11.8 Å². The summed E-state index contributed by atoms with van der Waals surface area (Å²) < 4.78 is 5.70. The molecule has 3 rings (SSSR count). The van der Waals surface area contributed by atoms with Crippen LogP contribution in [0.25, 0.3) is 0 Å². The van der Waals surface area contributed by atoms with Gasteiger partial charge in [-0.25, -0.2) is 0 Å². The Labute approximate surface area is 135 Å². The molecule has 2 aliphatic heterocycles. The average Bonchev–Trinajstić information content (AvgIpc) is 3.17. The van der Waals surface area contributed by atoms with Crippen LogP contribution in [0.3, 0.4) is 0 Å². The lowest BCUT2D eigenvalue weighted by molar-refractivity contribution is 0.240. The first-order valence-electron chi connectivity index (χ1n) is 8.11. The summed E-state index contributed by atoms with van der Waals surface area (Å²) in [5, 5.41) is 8.98. The van der Waals surface area contributed by atoms with Crippen LogP contribution in [0, 0.1) is 0 Å². The van der Waals surface area contributed by atoms with Gasteiger partial charge in [0.1, 0.15) is 0 Å². The Balaban J connectivity index is 1.81. The fourth-order valence-corrected chi connectivity index (χ4v) is 6.40. The Morgan fingerprint density at radius 1 is 1.33 bits per heavy atom. The van der Waals surface area contributed by atoms with E-state index < -0.39 is 0 Å². The predicted molar refractivity (Wildman–Crippen MR) is 89.9 cm³/mol. The molecule has 1 aromatic heterocycles. The van der Waals surface area contributed by atoms with Crippen LogP contribution >= 0.6 is 23.5 Å². The van der Waals surface area contributed by atoms with Gasteiger partial charge in [0.15, 0.2) is 5.82 Å². The van der Waals surface area contributed by atoms with Crippen molar-refractivity contribution in [3.8, 4) is 0 Å². The second-order valence-corrected chi connectivity index (χ2v) is 8.53. The van der Waals surface area contributed by atoms with Crippen LogP contribution in [0.15, 0.2) is 4.52 Å². The highest BCUT2D eigenvalue weighted by Crippen LogP contribution is 2.44. The number of rotatable bonds is 5. The zero-order valence-corrected chi connectivity index (χ0v) is 14.6. The third-order valence-electron chi connectivity index (χ3n) is 4.48. The largest absolute Gasteiger partial charge is 0.337 e. The molecule has 118 valence electrons. The summed E-state index contributed by atoms with van der Waals surface area (Å²) in [6, 6.07) is 0. The van der Waals surface area contributed by atoms with E-state index in [2.05, 4.69) is 36.1 Å². The van der Waals surface area contributed by atoms with Crippen molar-refractivity contribution >= 4 is 23.5 Å². The Morgan fingerprint density at radius 2 is 2.19 bits per heavy atom. The molecule has 4 nitrogen and oxygen atoms in total. The van der Waals surface area contributed by atoms with Crippen molar-refractivity contribution in [2.24, 2.45) is 0 Å². The van der Waals surface area contributed by atoms with Gasteiger partial charge in [-0.1, -0.05) is 25.4 Å². The summed E-state index contributed by atoms with van der Waals surface area (Å²) in [6.07, 6.45) is 5.70. The number of hydrogen-bond acceptors (Lipinski definition) is 6. The van der Waals surface area contributed by atoms with E-state index in [1.165, 1.54) is 24.3 Å². The normalized spacial score (nSPS) is 33.4. The van der Waals surface area contributed by atoms with Crippen LogP contribution in [0.4, 0.5) is 0 Å². The maximum absolute atomic E-state index is 5.70. The molecule has 3 unspecified atom stereocenters. The molecule has 21 heavy (non-hydrogen) atoms. The molecule has 0 aliphatic carbocycles. The summed E-state index contributed by atoms with van der Waals surface area (Å²) in [7, 11) is 0. The minimum absolute atomic E-state index is 0.0613. The van der Waals surface area contributed by atoms with Crippen molar-refractivity contribution in [2.75, 3.05) is 18.1 Å². The molecule has 0 spiro atoms. The molecular weight excluding hydrogens is 302 g/mol. The van der Waals surface area contributed by atoms with Crippen molar-refractivity contribution in [1.82, 2.24) is 15.5 Å². The van der Waals surface area contributed by atoms with E-state index in [9.17, 15) is 0 Å². The lowest BCUT2D eigenvalue weighted by Gasteiger charge is -2.27. The Hall–Kier alpha value is -0.200. The van der Waals surface area contributed by atoms with Gasteiger partial charge in [-0.15, -0.1) is 11.8 Å². The number of nitrogens with one attached hydrogen (secondary N) is 1. The molecular formula is C15H25N3OS2. The predicted octanol–water partition coefficient (Wildman–Crippen LogP) is 3.75. The quantitative estimate of drug-likeness (QED) is 0.889. The molecule has 1 N–H and O–H groups in total. The van der Waals surface area contributed by atoms with Crippen molar-refractivity contribution in [1.29, 1.82) is 0 Å². The molecule has 0 aromatic carbocycles. The third-order valence-corrected chi connectivity index (χ3v) is 7.72. The van der Waals surface area contributed by atoms with Crippen LogP contribution in [-0.4, -0.2) is 33.4 Å². The van der Waals surface area contributed by atoms with Crippen LogP contribution in [0.5, 0.6) is 0 Å². The van der Waals surface area contributed by atoms with Gasteiger partial charge >= 0.3 is 0 Å². The second kappa shape index (κ2) is 6.92. The second-order valence-electron chi connectivity index (χ2n) is 5.93. The van der Waals surface area contributed by atoms with Gasteiger partial charge < -0.3 is 9.84 Å². The van der Waals surface area contributed by atoms with Gasteiger partial charge in [0, 0.05) is 16.8 Å². The minimum Gasteiger partial charge on any atom is -0.337 e. The highest BCUT2D eigenvalue weighted by Gasteiger charge is 2.41. The summed E-state index contributed by atoms with van der Waals surface area (Å²) in [5.74, 6) is 4.17. The van der Waals surface area contributed by atoms with Crippen molar-refractivity contribution in [2.45, 2.75) is 62.0 Å². The molecule has 2 aliphatic rings. The third kappa shape index (κ3) is 3.13. The van der Waals surface area contributed by atoms with Gasteiger partial charge in [0.25, 0.3) is 0 Å². The van der Waals surface area contributed by atoms with Gasteiger partial charge in [-0.3, -0.25) is 0 Å². The maximum atomic E-state index is 5.70. The number of thioether (sulfide) groups is 2. The number of hydrogen-bond donors (Lipinski definition) is 1. The lowest BCUT2D eigenvalue weighted by Crippen LogP contribution is -2.37. The molecule has 2 fully saturated rings. The molecule has 0 saturated carbocycles. The molecule has 3 atom stereocenters. The van der Waals surface area contributed by atoms with E-state index in [0.29, 0.717) is 10.5 Å². The number of aromatic nitrogens is 2. The van der Waals surface area contributed by atoms with Crippen molar-refractivity contribution in [3.63, 3.8) is 0 Å².